The second-order valence-corrected chi connectivity index (χ2v) is 8.75. The Morgan fingerprint density at radius 2 is 2.00 bits per heavy atom. The van der Waals surface area contributed by atoms with Crippen molar-refractivity contribution in [3.63, 3.8) is 0 Å². The molecular formula is C24H24N8O3. The van der Waals surface area contributed by atoms with Crippen molar-refractivity contribution in [1.82, 2.24) is 34.3 Å². The lowest BCUT2D eigenvalue weighted by atomic mass is 9.90. The first-order chi connectivity index (χ1) is 17.0. The maximum atomic E-state index is 14.1. The van der Waals surface area contributed by atoms with Gasteiger partial charge in [-0.05, 0) is 31.0 Å². The van der Waals surface area contributed by atoms with Gasteiger partial charge in [-0.2, -0.15) is 14.6 Å². The van der Waals surface area contributed by atoms with Crippen LogP contribution in [0.3, 0.4) is 0 Å². The zero-order valence-corrected chi connectivity index (χ0v) is 19.3. The number of likely N-dealkylation sites (tertiary alicyclic amines) is 1. The molecule has 1 fully saturated rings. The molecule has 1 saturated heterocycles. The summed E-state index contributed by atoms with van der Waals surface area (Å²) in [7, 11) is 1.67. The third-order valence-corrected chi connectivity index (χ3v) is 6.71. The third kappa shape index (κ3) is 3.19. The van der Waals surface area contributed by atoms with Gasteiger partial charge in [0.25, 0.3) is 5.91 Å². The van der Waals surface area contributed by atoms with Crippen molar-refractivity contribution in [2.75, 3.05) is 25.9 Å². The van der Waals surface area contributed by atoms with E-state index in [-0.39, 0.29) is 18.0 Å². The topological polar surface area (TPSA) is 130 Å². The minimum atomic E-state index is -1.17. The lowest BCUT2D eigenvalue weighted by Gasteiger charge is -2.33. The van der Waals surface area contributed by atoms with Crippen LogP contribution >= 0.6 is 0 Å². The van der Waals surface area contributed by atoms with E-state index < -0.39 is 5.54 Å². The number of nitrogen functional groups attached to an aromatic ring is 1. The van der Waals surface area contributed by atoms with Gasteiger partial charge < -0.3 is 19.8 Å². The first-order valence-corrected chi connectivity index (χ1v) is 11.3. The first kappa shape index (κ1) is 21.3. The molecule has 1 aromatic carbocycles. The maximum Gasteiger partial charge on any atom is 0.255 e. The van der Waals surface area contributed by atoms with Crippen LogP contribution in [0.15, 0.2) is 59.3 Å². The fourth-order valence-corrected chi connectivity index (χ4v) is 4.76. The number of nitrogens with zero attached hydrogens (tertiary/aromatic N) is 7. The van der Waals surface area contributed by atoms with Crippen molar-refractivity contribution in [2.45, 2.75) is 25.0 Å². The van der Waals surface area contributed by atoms with Gasteiger partial charge in [0.05, 0.1) is 24.0 Å². The number of methoxy groups -OCH3 is 1. The molecule has 2 N–H and O–H groups in total. The van der Waals surface area contributed by atoms with Gasteiger partial charge in [0.2, 0.25) is 11.8 Å². The molecule has 0 spiro atoms. The number of ether oxygens (including phenoxy) is 1. The highest BCUT2D eigenvalue weighted by atomic mass is 16.5. The average molecular weight is 473 g/mol. The van der Waals surface area contributed by atoms with Crippen LogP contribution in [-0.4, -0.2) is 66.5 Å². The van der Waals surface area contributed by atoms with E-state index in [4.69, 9.17) is 14.9 Å². The van der Waals surface area contributed by atoms with Crippen molar-refractivity contribution >= 4 is 28.5 Å². The highest BCUT2D eigenvalue weighted by Crippen LogP contribution is 2.34. The van der Waals surface area contributed by atoms with Crippen molar-refractivity contribution in [2.24, 2.45) is 0 Å². The summed E-state index contributed by atoms with van der Waals surface area (Å²) in [5.74, 6) is 0.933. The smallest absolute Gasteiger partial charge is 0.255 e. The van der Waals surface area contributed by atoms with Crippen molar-refractivity contribution in [1.29, 1.82) is 0 Å². The van der Waals surface area contributed by atoms with E-state index in [0.717, 1.165) is 12.0 Å². The molecule has 0 bridgehead atoms. The fraction of sp³-hybridized carbons (Fsp3) is 0.292. The van der Waals surface area contributed by atoms with Gasteiger partial charge in [-0.1, -0.05) is 30.3 Å². The van der Waals surface area contributed by atoms with Gasteiger partial charge in [0.1, 0.15) is 0 Å². The summed E-state index contributed by atoms with van der Waals surface area (Å²) in [5.41, 5.74) is 6.83. The summed E-state index contributed by atoms with van der Waals surface area (Å²) < 4.78 is 14.0. The standard InChI is InChI=1S/C24H24N8O3/c1-24(15-7-4-3-5-8-15,22(33)30-11-10-16(14-30)34-2)32-21-17(13-26-32)20-27-19(18-9-6-12-35-18)29-31(20)23(25)28-21/h3-9,12-13,16H,10-11,14H2,1-2H3,(H2,25,28)/t16-,24?/m0/s1. The Hall–Kier alpha value is -4.25. The lowest BCUT2D eigenvalue weighted by Crippen LogP contribution is -2.49. The number of aromatic nitrogens is 6. The van der Waals surface area contributed by atoms with Gasteiger partial charge in [-0.15, -0.1) is 5.10 Å². The molecular weight excluding hydrogens is 448 g/mol. The molecule has 35 heavy (non-hydrogen) atoms. The van der Waals surface area contributed by atoms with Crippen LogP contribution in [0.4, 0.5) is 5.95 Å². The highest BCUT2D eigenvalue weighted by molar-refractivity contribution is 5.94. The van der Waals surface area contributed by atoms with Gasteiger partial charge in [-0.25, -0.2) is 9.67 Å². The summed E-state index contributed by atoms with van der Waals surface area (Å²) in [6, 6.07) is 13.1. The second kappa shape index (κ2) is 7.91. The number of rotatable bonds is 5. The van der Waals surface area contributed by atoms with Gasteiger partial charge in [0, 0.05) is 20.2 Å². The molecule has 1 aliphatic heterocycles. The molecule has 1 unspecified atom stereocenters. The van der Waals surface area contributed by atoms with E-state index in [0.29, 0.717) is 41.4 Å². The number of amides is 1. The third-order valence-electron chi connectivity index (χ3n) is 6.71. The van der Waals surface area contributed by atoms with E-state index in [9.17, 15) is 4.79 Å². The zero-order chi connectivity index (χ0) is 24.2. The lowest BCUT2D eigenvalue weighted by molar-refractivity contribution is -0.137. The van der Waals surface area contributed by atoms with Crippen LogP contribution in [0.25, 0.3) is 28.3 Å². The SMILES string of the molecule is CO[C@H]1CCN(C(=O)C(C)(c2ccccc2)n2ncc3c2nc(N)n2nc(-c4ccco4)nc32)C1. The number of furan rings is 1. The minimum Gasteiger partial charge on any atom is -0.461 e. The molecule has 1 amide bonds. The highest BCUT2D eigenvalue weighted by Gasteiger charge is 2.44. The number of hydrogen-bond donors (Lipinski definition) is 1. The number of fused-ring (bicyclic) bond motifs is 3. The maximum absolute atomic E-state index is 14.1. The van der Waals surface area contributed by atoms with Crippen molar-refractivity contribution < 1.29 is 13.9 Å². The molecule has 1 aliphatic rings. The molecule has 0 saturated carbocycles. The van der Waals surface area contributed by atoms with E-state index in [1.165, 1.54) is 4.52 Å². The Bertz CT molecular complexity index is 1520. The molecule has 4 aromatic heterocycles. The van der Waals surface area contributed by atoms with Crippen LogP contribution in [0.5, 0.6) is 0 Å². The molecule has 11 nitrogen and oxygen atoms in total. The fourth-order valence-electron chi connectivity index (χ4n) is 4.76. The minimum absolute atomic E-state index is 0.0118. The quantitative estimate of drug-likeness (QED) is 0.413. The molecule has 178 valence electrons. The average Bonchev–Trinajstić information content (AvgIpc) is 3.68. The molecule has 6 rings (SSSR count). The van der Waals surface area contributed by atoms with Gasteiger partial charge >= 0.3 is 0 Å². The Morgan fingerprint density at radius 3 is 2.71 bits per heavy atom. The largest absolute Gasteiger partial charge is 0.461 e. The summed E-state index contributed by atoms with van der Waals surface area (Å²) in [6.45, 7) is 2.99. The molecule has 0 radical (unpaired) electrons. The van der Waals surface area contributed by atoms with Gasteiger partial charge in [0.15, 0.2) is 22.6 Å². The predicted molar refractivity (Wildman–Crippen MR) is 127 cm³/mol. The van der Waals surface area contributed by atoms with Crippen LogP contribution in [-0.2, 0) is 15.1 Å². The normalized spacial score (nSPS) is 17.9. The van der Waals surface area contributed by atoms with Crippen LogP contribution in [0.2, 0.25) is 0 Å². The molecule has 11 heteroatoms. The van der Waals surface area contributed by atoms with Gasteiger partial charge in [-0.3, -0.25) is 4.79 Å². The number of benzene rings is 1. The van der Waals surface area contributed by atoms with Crippen molar-refractivity contribution in [3.05, 3.63) is 60.5 Å². The monoisotopic (exact) mass is 472 g/mol. The number of carbonyl (C=O) groups excluding carboxylic acids is 1. The number of anilines is 1. The van der Waals surface area contributed by atoms with E-state index in [1.807, 2.05) is 42.2 Å². The second-order valence-electron chi connectivity index (χ2n) is 8.75. The Kier molecular flexibility index (Phi) is 4.81. The van der Waals surface area contributed by atoms with Crippen LogP contribution in [0, 0.1) is 0 Å². The number of nitrogens with two attached hydrogens (primary N) is 1. The molecule has 2 atom stereocenters. The predicted octanol–water partition coefficient (Wildman–Crippen LogP) is 2.33. The van der Waals surface area contributed by atoms with E-state index in [1.54, 1.807) is 36.4 Å². The summed E-state index contributed by atoms with van der Waals surface area (Å²) >= 11 is 0. The molecule has 5 aromatic rings. The molecule has 0 aliphatic carbocycles. The van der Waals surface area contributed by atoms with Crippen LogP contribution in [0.1, 0.15) is 18.9 Å². The summed E-state index contributed by atoms with van der Waals surface area (Å²) in [5, 5.41) is 9.72. The number of carbonyl (C=O) groups is 1. The summed E-state index contributed by atoms with van der Waals surface area (Å²) in [6.07, 6.45) is 4.00. The van der Waals surface area contributed by atoms with E-state index in [2.05, 4.69) is 20.2 Å². The van der Waals surface area contributed by atoms with E-state index >= 15 is 0 Å². The van der Waals surface area contributed by atoms with Crippen molar-refractivity contribution in [3.8, 4) is 11.6 Å². The first-order valence-electron chi connectivity index (χ1n) is 11.3. The Balaban J connectivity index is 1.54. The molecule has 5 heterocycles. The van der Waals surface area contributed by atoms with Crippen LogP contribution < -0.4 is 5.73 Å². The summed E-state index contributed by atoms with van der Waals surface area (Å²) in [4.78, 5) is 25.1. The zero-order valence-electron chi connectivity index (χ0n) is 19.3. The Morgan fingerprint density at radius 1 is 1.17 bits per heavy atom. The number of hydrogen-bond acceptors (Lipinski definition) is 8. The Labute approximate surface area is 200 Å².